The number of fused-ring (bicyclic) bond motifs is 1. The highest BCUT2D eigenvalue weighted by atomic mass is 16.7. The molecule has 2 aromatic rings. The van der Waals surface area contributed by atoms with E-state index in [9.17, 15) is 5.11 Å². The number of aromatic nitrogens is 1. The highest BCUT2D eigenvalue weighted by molar-refractivity contribution is 5.55. The van der Waals surface area contributed by atoms with Crippen molar-refractivity contribution in [3.05, 3.63) is 41.6 Å². The van der Waals surface area contributed by atoms with E-state index >= 15 is 0 Å². The Balaban J connectivity index is 1.88. The van der Waals surface area contributed by atoms with Crippen molar-refractivity contribution in [3.8, 4) is 17.2 Å². The molecule has 3 rings (SSSR count). The van der Waals surface area contributed by atoms with Crippen LogP contribution in [-0.2, 0) is 6.42 Å². The van der Waals surface area contributed by atoms with Crippen LogP contribution in [0.15, 0.2) is 30.5 Å². The first-order valence-corrected chi connectivity index (χ1v) is 6.54. The van der Waals surface area contributed by atoms with E-state index in [-0.39, 0.29) is 6.79 Å². The molecule has 0 spiro atoms. The van der Waals surface area contributed by atoms with Gasteiger partial charge in [-0.15, -0.1) is 0 Å². The first kappa shape index (κ1) is 13.5. The van der Waals surface area contributed by atoms with Crippen LogP contribution in [0.2, 0.25) is 0 Å². The maximum absolute atomic E-state index is 10.4. The van der Waals surface area contributed by atoms with Gasteiger partial charge in [0.2, 0.25) is 12.5 Å². The zero-order chi connectivity index (χ0) is 14.8. The molecule has 21 heavy (non-hydrogen) atoms. The van der Waals surface area contributed by atoms with Crippen molar-refractivity contribution in [1.82, 2.24) is 4.98 Å². The lowest BCUT2D eigenvalue weighted by atomic mass is 10.0. The molecule has 1 atom stereocenters. The van der Waals surface area contributed by atoms with E-state index in [2.05, 4.69) is 4.98 Å². The number of nitrogens with zero attached hydrogens (tertiary/aromatic N) is 1. The van der Waals surface area contributed by atoms with Crippen molar-refractivity contribution in [2.24, 2.45) is 0 Å². The molecule has 0 amide bonds. The summed E-state index contributed by atoms with van der Waals surface area (Å²) in [6.45, 7) is 0.154. The molecule has 0 fully saturated rings. The monoisotopic (exact) mass is 288 g/mol. The Bertz CT molecular complexity index is 660. The summed E-state index contributed by atoms with van der Waals surface area (Å²) in [6.07, 6.45) is 1.25. The zero-order valence-electron chi connectivity index (χ0n) is 11.6. The van der Waals surface area contributed by atoms with E-state index in [0.29, 0.717) is 35.1 Å². The van der Waals surface area contributed by atoms with E-state index in [1.54, 1.807) is 31.5 Å². The van der Waals surface area contributed by atoms with Crippen LogP contribution >= 0.6 is 0 Å². The lowest BCUT2D eigenvalue weighted by molar-refractivity contribution is 0.170. The van der Waals surface area contributed by atoms with Gasteiger partial charge in [-0.05, 0) is 29.3 Å². The molecule has 0 saturated heterocycles. The smallest absolute Gasteiger partial charge is 0.231 e. The fraction of sp³-hybridized carbons (Fsp3) is 0.267. The van der Waals surface area contributed by atoms with Gasteiger partial charge in [0.05, 0.1) is 13.2 Å². The number of anilines is 1. The molecule has 1 aliphatic rings. The van der Waals surface area contributed by atoms with Crippen LogP contribution in [0.5, 0.6) is 17.2 Å². The fourth-order valence-electron chi connectivity index (χ4n) is 2.29. The van der Waals surface area contributed by atoms with Gasteiger partial charge in [-0.3, -0.25) is 0 Å². The predicted molar refractivity (Wildman–Crippen MR) is 76.4 cm³/mol. The van der Waals surface area contributed by atoms with Crippen LogP contribution in [0.3, 0.4) is 0 Å². The summed E-state index contributed by atoms with van der Waals surface area (Å²) in [5, 5.41) is 10.4. The highest BCUT2D eigenvalue weighted by Gasteiger charge is 2.22. The van der Waals surface area contributed by atoms with Crippen molar-refractivity contribution < 1.29 is 19.3 Å². The first-order valence-electron chi connectivity index (χ1n) is 6.54. The highest BCUT2D eigenvalue weighted by Crippen LogP contribution is 2.43. The van der Waals surface area contributed by atoms with Crippen molar-refractivity contribution >= 4 is 5.82 Å². The lowest BCUT2D eigenvalue weighted by Gasteiger charge is -2.14. The Morgan fingerprint density at radius 1 is 1.43 bits per heavy atom. The van der Waals surface area contributed by atoms with E-state index < -0.39 is 6.10 Å². The molecule has 0 aliphatic carbocycles. The van der Waals surface area contributed by atoms with Gasteiger partial charge in [-0.25, -0.2) is 4.98 Å². The quantitative estimate of drug-likeness (QED) is 0.890. The molecule has 1 aromatic heterocycles. The van der Waals surface area contributed by atoms with Crippen molar-refractivity contribution in [1.29, 1.82) is 0 Å². The van der Waals surface area contributed by atoms with E-state index in [0.717, 1.165) is 5.56 Å². The third-order valence-electron chi connectivity index (χ3n) is 3.40. The van der Waals surface area contributed by atoms with Gasteiger partial charge in [0.15, 0.2) is 11.5 Å². The maximum Gasteiger partial charge on any atom is 0.231 e. The molecule has 6 heteroatoms. The van der Waals surface area contributed by atoms with Crippen LogP contribution < -0.4 is 19.9 Å². The summed E-state index contributed by atoms with van der Waals surface area (Å²) < 4.78 is 16.0. The van der Waals surface area contributed by atoms with Gasteiger partial charge in [0.25, 0.3) is 0 Å². The Hall–Kier alpha value is -2.47. The number of benzene rings is 1. The topological polar surface area (TPSA) is 86.8 Å². The molecule has 1 aliphatic heterocycles. The van der Waals surface area contributed by atoms with Crippen LogP contribution in [0.4, 0.5) is 5.82 Å². The maximum atomic E-state index is 10.4. The Kier molecular flexibility index (Phi) is 3.53. The summed E-state index contributed by atoms with van der Waals surface area (Å²) in [7, 11) is 1.55. The number of aliphatic hydroxyl groups is 1. The summed E-state index contributed by atoms with van der Waals surface area (Å²) >= 11 is 0. The number of ether oxygens (including phenoxy) is 3. The molecule has 1 unspecified atom stereocenters. The lowest BCUT2D eigenvalue weighted by Crippen LogP contribution is -2.05. The minimum Gasteiger partial charge on any atom is -0.493 e. The second-order valence-electron chi connectivity index (χ2n) is 4.72. The summed E-state index contributed by atoms with van der Waals surface area (Å²) in [4.78, 5) is 4.01. The predicted octanol–water partition coefficient (Wildman–Crippen LogP) is 1.68. The van der Waals surface area contributed by atoms with Gasteiger partial charge < -0.3 is 25.1 Å². The van der Waals surface area contributed by atoms with Crippen LogP contribution in [-0.4, -0.2) is 24.0 Å². The minimum absolute atomic E-state index is 0.154. The Morgan fingerprint density at radius 3 is 3.05 bits per heavy atom. The van der Waals surface area contributed by atoms with Gasteiger partial charge in [-0.1, -0.05) is 6.07 Å². The van der Waals surface area contributed by atoms with Gasteiger partial charge in [0, 0.05) is 12.6 Å². The third-order valence-corrected chi connectivity index (χ3v) is 3.40. The summed E-state index contributed by atoms with van der Waals surface area (Å²) in [5.41, 5.74) is 7.27. The Morgan fingerprint density at radius 2 is 2.29 bits per heavy atom. The van der Waals surface area contributed by atoms with Crippen molar-refractivity contribution in [3.63, 3.8) is 0 Å². The largest absolute Gasteiger partial charge is 0.493 e. The number of methoxy groups -OCH3 is 1. The number of hydrogen-bond acceptors (Lipinski definition) is 6. The van der Waals surface area contributed by atoms with E-state index in [4.69, 9.17) is 19.9 Å². The summed E-state index contributed by atoms with van der Waals surface area (Å²) in [6, 6.07) is 7.13. The number of nitrogen functional groups attached to an aromatic ring is 1. The molecule has 0 saturated carbocycles. The normalized spacial score (nSPS) is 14.0. The minimum atomic E-state index is -0.736. The van der Waals surface area contributed by atoms with Crippen molar-refractivity contribution in [2.45, 2.75) is 12.5 Å². The average Bonchev–Trinajstić information content (AvgIpc) is 2.97. The van der Waals surface area contributed by atoms with E-state index in [1.807, 2.05) is 6.07 Å². The van der Waals surface area contributed by atoms with Gasteiger partial charge >= 0.3 is 0 Å². The average molecular weight is 288 g/mol. The van der Waals surface area contributed by atoms with Gasteiger partial charge in [0.1, 0.15) is 5.82 Å². The first-order chi connectivity index (χ1) is 10.2. The molecular weight excluding hydrogens is 272 g/mol. The number of hydrogen-bond donors (Lipinski definition) is 2. The standard InChI is InChI=1S/C15H16N2O4/c1-19-12-6-10(7-13-14(12)21-8-20-13)11(18)5-9-3-2-4-17-15(9)16/h2-4,6-7,11,18H,5,8H2,1H3,(H2,16,17). The molecule has 3 N–H and O–H groups in total. The molecule has 1 aromatic carbocycles. The third kappa shape index (κ3) is 2.57. The molecule has 0 radical (unpaired) electrons. The number of nitrogens with two attached hydrogens (primary N) is 1. The van der Waals surface area contributed by atoms with Crippen LogP contribution in [0.25, 0.3) is 0 Å². The second kappa shape index (κ2) is 5.49. The van der Waals surface area contributed by atoms with Crippen LogP contribution in [0.1, 0.15) is 17.2 Å². The SMILES string of the molecule is COc1cc(C(O)Cc2cccnc2N)cc2c1OCO2. The number of pyridine rings is 1. The molecular formula is C15H16N2O4. The second-order valence-corrected chi connectivity index (χ2v) is 4.72. The molecule has 110 valence electrons. The molecule has 0 bridgehead atoms. The fourth-order valence-corrected chi connectivity index (χ4v) is 2.29. The Labute approximate surface area is 122 Å². The van der Waals surface area contributed by atoms with Crippen LogP contribution in [0, 0.1) is 0 Å². The zero-order valence-corrected chi connectivity index (χ0v) is 11.6. The van der Waals surface area contributed by atoms with Gasteiger partial charge in [-0.2, -0.15) is 0 Å². The van der Waals surface area contributed by atoms with E-state index in [1.165, 1.54) is 0 Å². The summed E-state index contributed by atoms with van der Waals surface area (Å²) in [5.74, 6) is 2.10. The molecule has 2 heterocycles. The number of aliphatic hydroxyl groups excluding tert-OH is 1. The van der Waals surface area contributed by atoms with Crippen molar-refractivity contribution in [2.75, 3.05) is 19.6 Å². The molecule has 6 nitrogen and oxygen atoms in total. The number of rotatable bonds is 4.